The fourth-order valence-electron chi connectivity index (χ4n) is 1.23. The van der Waals surface area contributed by atoms with Crippen LogP contribution in [0.3, 0.4) is 0 Å². The van der Waals surface area contributed by atoms with Crippen molar-refractivity contribution in [3.05, 3.63) is 30.3 Å². The Kier molecular flexibility index (Phi) is 5.66. The highest BCUT2D eigenvalue weighted by atomic mass is 16.3. The molecule has 6 heteroatoms. The molecule has 0 aromatic heterocycles. The van der Waals surface area contributed by atoms with Crippen LogP contribution in [-0.2, 0) is 4.79 Å². The molecule has 98 valence electrons. The fraction of sp³-hybridized carbons (Fsp3) is 0.333. The lowest BCUT2D eigenvalue weighted by atomic mass is 10.3. The highest BCUT2D eigenvalue weighted by Gasteiger charge is 2.07. The summed E-state index contributed by atoms with van der Waals surface area (Å²) < 4.78 is 0. The predicted molar refractivity (Wildman–Crippen MR) is 68.2 cm³/mol. The third-order valence-corrected chi connectivity index (χ3v) is 2.12. The van der Waals surface area contributed by atoms with E-state index < -0.39 is 6.03 Å². The van der Waals surface area contributed by atoms with E-state index in [-0.39, 0.29) is 25.1 Å². The van der Waals surface area contributed by atoms with Crippen molar-refractivity contribution < 1.29 is 14.7 Å². The summed E-state index contributed by atoms with van der Waals surface area (Å²) in [6, 6.07) is 8.15. The van der Waals surface area contributed by atoms with E-state index in [9.17, 15) is 9.59 Å². The number of urea groups is 1. The van der Waals surface area contributed by atoms with Crippen molar-refractivity contribution in [3.63, 3.8) is 0 Å². The lowest BCUT2D eigenvalue weighted by molar-refractivity contribution is -0.120. The van der Waals surface area contributed by atoms with Gasteiger partial charge in [0, 0.05) is 11.7 Å². The first-order chi connectivity index (χ1) is 8.61. The molecule has 0 bridgehead atoms. The molecule has 1 aromatic rings. The van der Waals surface area contributed by atoms with E-state index >= 15 is 0 Å². The van der Waals surface area contributed by atoms with E-state index in [1.807, 2.05) is 6.07 Å². The number of rotatable bonds is 5. The molecular weight excluding hydrogens is 234 g/mol. The number of nitrogens with one attached hydrogen (secondary N) is 3. The van der Waals surface area contributed by atoms with E-state index in [0.29, 0.717) is 5.69 Å². The molecule has 1 aromatic carbocycles. The number of hydrogen-bond donors (Lipinski definition) is 4. The van der Waals surface area contributed by atoms with Crippen molar-refractivity contribution in [1.82, 2.24) is 10.6 Å². The number of amides is 3. The summed E-state index contributed by atoms with van der Waals surface area (Å²) in [6.45, 7) is 1.40. The molecular formula is C12H17N3O3. The second kappa shape index (κ2) is 7.29. The van der Waals surface area contributed by atoms with Crippen LogP contribution < -0.4 is 16.0 Å². The molecule has 0 saturated carbocycles. The van der Waals surface area contributed by atoms with Gasteiger partial charge in [-0.3, -0.25) is 4.79 Å². The lowest BCUT2D eigenvalue weighted by Gasteiger charge is -2.11. The van der Waals surface area contributed by atoms with Crippen LogP contribution in [0.4, 0.5) is 10.5 Å². The maximum absolute atomic E-state index is 11.4. The monoisotopic (exact) mass is 251 g/mol. The minimum absolute atomic E-state index is 0.136. The van der Waals surface area contributed by atoms with Gasteiger partial charge in [0.05, 0.1) is 13.2 Å². The van der Waals surface area contributed by atoms with Gasteiger partial charge in [-0.25, -0.2) is 4.79 Å². The van der Waals surface area contributed by atoms with Crippen molar-refractivity contribution in [3.8, 4) is 0 Å². The van der Waals surface area contributed by atoms with Gasteiger partial charge in [-0.05, 0) is 19.1 Å². The normalized spacial score (nSPS) is 11.4. The van der Waals surface area contributed by atoms with Crippen LogP contribution in [0.15, 0.2) is 30.3 Å². The van der Waals surface area contributed by atoms with Gasteiger partial charge in [-0.1, -0.05) is 18.2 Å². The van der Waals surface area contributed by atoms with Crippen LogP contribution in [0.25, 0.3) is 0 Å². The molecule has 0 aliphatic heterocycles. The minimum Gasteiger partial charge on any atom is -0.394 e. The van der Waals surface area contributed by atoms with Crippen molar-refractivity contribution in [2.45, 2.75) is 13.0 Å². The molecule has 6 nitrogen and oxygen atoms in total. The largest absolute Gasteiger partial charge is 0.394 e. The second-order valence-corrected chi connectivity index (χ2v) is 3.82. The first-order valence-corrected chi connectivity index (χ1v) is 5.62. The third kappa shape index (κ3) is 5.31. The number of carbonyl (C=O) groups is 2. The number of aliphatic hydroxyl groups excluding tert-OH is 1. The van der Waals surface area contributed by atoms with Crippen LogP contribution in [0.2, 0.25) is 0 Å². The first kappa shape index (κ1) is 14.0. The lowest BCUT2D eigenvalue weighted by Crippen LogP contribution is -2.43. The smallest absolute Gasteiger partial charge is 0.319 e. The Hall–Kier alpha value is -2.08. The summed E-state index contributed by atoms with van der Waals surface area (Å²) in [5, 5.41) is 16.3. The van der Waals surface area contributed by atoms with Crippen LogP contribution in [0, 0.1) is 0 Å². The van der Waals surface area contributed by atoms with Crippen LogP contribution in [0.5, 0.6) is 0 Å². The minimum atomic E-state index is -0.451. The SMILES string of the molecule is C[C@@H](CO)NC(=O)CNC(=O)Nc1ccccc1. The van der Waals surface area contributed by atoms with Crippen molar-refractivity contribution in [1.29, 1.82) is 0 Å². The highest BCUT2D eigenvalue weighted by molar-refractivity contribution is 5.92. The van der Waals surface area contributed by atoms with Gasteiger partial charge in [-0.2, -0.15) is 0 Å². The zero-order valence-electron chi connectivity index (χ0n) is 10.1. The zero-order valence-corrected chi connectivity index (χ0v) is 10.1. The molecule has 0 aliphatic carbocycles. The number of carbonyl (C=O) groups excluding carboxylic acids is 2. The standard InChI is InChI=1S/C12H17N3O3/c1-9(8-16)14-11(17)7-13-12(18)15-10-5-3-2-4-6-10/h2-6,9,16H,7-8H2,1H3,(H,14,17)(H2,13,15,18)/t9-/m0/s1. The second-order valence-electron chi connectivity index (χ2n) is 3.82. The topological polar surface area (TPSA) is 90.5 Å². The van der Waals surface area contributed by atoms with Gasteiger partial charge in [0.2, 0.25) is 5.91 Å². The van der Waals surface area contributed by atoms with Crippen molar-refractivity contribution in [2.24, 2.45) is 0 Å². The average Bonchev–Trinajstić information content (AvgIpc) is 2.37. The number of hydrogen-bond acceptors (Lipinski definition) is 3. The van der Waals surface area contributed by atoms with Crippen LogP contribution in [-0.4, -0.2) is 36.2 Å². The van der Waals surface area contributed by atoms with Crippen LogP contribution >= 0.6 is 0 Å². The Morgan fingerprint density at radius 3 is 2.56 bits per heavy atom. The number of para-hydroxylation sites is 1. The number of aliphatic hydroxyl groups is 1. The van der Waals surface area contributed by atoms with Crippen molar-refractivity contribution >= 4 is 17.6 Å². The summed E-state index contributed by atoms with van der Waals surface area (Å²) in [7, 11) is 0. The van der Waals surface area contributed by atoms with Gasteiger partial charge in [-0.15, -0.1) is 0 Å². The van der Waals surface area contributed by atoms with Gasteiger partial charge >= 0.3 is 6.03 Å². The molecule has 0 aliphatic rings. The maximum Gasteiger partial charge on any atom is 0.319 e. The van der Waals surface area contributed by atoms with E-state index in [2.05, 4.69) is 16.0 Å². The summed E-state index contributed by atoms with van der Waals surface area (Å²) in [4.78, 5) is 22.7. The molecule has 3 amide bonds. The molecule has 4 N–H and O–H groups in total. The molecule has 1 atom stereocenters. The molecule has 0 spiro atoms. The van der Waals surface area contributed by atoms with Crippen molar-refractivity contribution in [2.75, 3.05) is 18.5 Å². The molecule has 0 unspecified atom stereocenters. The van der Waals surface area contributed by atoms with E-state index in [4.69, 9.17) is 5.11 Å². The highest BCUT2D eigenvalue weighted by Crippen LogP contribution is 2.03. The molecule has 0 radical (unpaired) electrons. The Morgan fingerprint density at radius 1 is 1.28 bits per heavy atom. The average molecular weight is 251 g/mol. The van der Waals surface area contributed by atoms with Gasteiger partial charge < -0.3 is 21.1 Å². The molecule has 0 fully saturated rings. The summed E-state index contributed by atoms with van der Waals surface area (Å²) in [5.74, 6) is -0.347. The predicted octanol–water partition coefficient (Wildman–Crippen LogP) is 0.305. The number of benzene rings is 1. The van der Waals surface area contributed by atoms with Crippen LogP contribution in [0.1, 0.15) is 6.92 Å². The molecule has 0 heterocycles. The fourth-order valence-corrected chi connectivity index (χ4v) is 1.23. The summed E-state index contributed by atoms with van der Waals surface area (Å²) in [5.41, 5.74) is 0.652. The van der Waals surface area contributed by atoms with Gasteiger partial charge in [0.1, 0.15) is 0 Å². The Balaban J connectivity index is 2.27. The molecule has 1 rings (SSSR count). The Morgan fingerprint density at radius 2 is 1.94 bits per heavy atom. The van der Waals surface area contributed by atoms with E-state index in [1.54, 1.807) is 31.2 Å². The third-order valence-electron chi connectivity index (χ3n) is 2.12. The van der Waals surface area contributed by atoms with E-state index in [0.717, 1.165) is 0 Å². The maximum atomic E-state index is 11.4. The summed E-state index contributed by atoms with van der Waals surface area (Å²) in [6.07, 6.45) is 0. The Labute approximate surface area is 105 Å². The van der Waals surface area contributed by atoms with Gasteiger partial charge in [0.15, 0.2) is 0 Å². The Bertz CT molecular complexity index is 395. The number of anilines is 1. The first-order valence-electron chi connectivity index (χ1n) is 5.62. The van der Waals surface area contributed by atoms with Gasteiger partial charge in [0.25, 0.3) is 0 Å². The molecule has 18 heavy (non-hydrogen) atoms. The molecule has 0 saturated heterocycles. The van der Waals surface area contributed by atoms with E-state index in [1.165, 1.54) is 0 Å². The quantitative estimate of drug-likeness (QED) is 0.607. The summed E-state index contributed by atoms with van der Waals surface area (Å²) >= 11 is 0. The zero-order chi connectivity index (χ0) is 13.4.